The van der Waals surface area contributed by atoms with Gasteiger partial charge in [0.2, 0.25) is 10.0 Å². The average molecular weight is 266 g/mol. The van der Waals surface area contributed by atoms with E-state index >= 15 is 0 Å². The lowest BCUT2D eigenvalue weighted by atomic mass is 10.3. The summed E-state index contributed by atoms with van der Waals surface area (Å²) in [6, 6.07) is 0. The molecule has 0 amide bonds. The lowest BCUT2D eigenvalue weighted by molar-refractivity contribution is -0.137. The second-order valence-corrected chi connectivity index (χ2v) is 5.99. The van der Waals surface area contributed by atoms with E-state index in [1.165, 1.54) is 4.31 Å². The lowest BCUT2D eigenvalue weighted by Gasteiger charge is -2.31. The number of carboxylic acids is 1. The molecule has 0 aromatic heterocycles. The van der Waals surface area contributed by atoms with Crippen molar-refractivity contribution in [1.29, 1.82) is 0 Å². The molecule has 1 unspecified atom stereocenters. The minimum atomic E-state index is -3.39. The Kier molecular flexibility index (Phi) is 5.31. The number of carboxylic acid groups (broad SMARTS) is 1. The molecule has 17 heavy (non-hydrogen) atoms. The van der Waals surface area contributed by atoms with Crippen molar-refractivity contribution in [2.45, 2.75) is 18.9 Å². The summed E-state index contributed by atoms with van der Waals surface area (Å²) in [5.74, 6) is -1.13. The molecule has 0 aliphatic carbocycles. The fourth-order valence-electron chi connectivity index (χ4n) is 1.62. The van der Waals surface area contributed by atoms with E-state index in [0.717, 1.165) is 0 Å². The topological polar surface area (TPSA) is 110 Å². The minimum absolute atomic E-state index is 0.127. The molecule has 1 atom stereocenters. The monoisotopic (exact) mass is 266 g/mol. The molecule has 0 bridgehead atoms. The lowest BCUT2D eigenvalue weighted by Crippen LogP contribution is -2.48. The zero-order valence-corrected chi connectivity index (χ0v) is 10.4. The standard InChI is InChI=1S/C9H18N2O5S/c10-6-8-7-11(3-4-16-8)17(14,15)5-1-2-9(12)13/h8H,1-7,10H2,(H,12,13). The van der Waals surface area contributed by atoms with Gasteiger partial charge in [0.25, 0.3) is 0 Å². The predicted molar refractivity (Wildman–Crippen MR) is 61.0 cm³/mol. The number of rotatable bonds is 6. The van der Waals surface area contributed by atoms with Crippen LogP contribution in [0.5, 0.6) is 0 Å². The summed E-state index contributed by atoms with van der Waals surface area (Å²) in [6.45, 7) is 1.18. The van der Waals surface area contributed by atoms with Gasteiger partial charge in [0, 0.05) is 26.1 Å². The summed E-state index contributed by atoms with van der Waals surface area (Å²) in [6.07, 6.45) is -0.273. The molecule has 0 aromatic carbocycles. The van der Waals surface area contributed by atoms with Crippen LogP contribution in [-0.4, -0.2) is 61.9 Å². The van der Waals surface area contributed by atoms with Crippen LogP contribution in [0.25, 0.3) is 0 Å². The Labute approximate surface area is 101 Å². The van der Waals surface area contributed by atoms with Crippen molar-refractivity contribution in [3.63, 3.8) is 0 Å². The number of morpholine rings is 1. The van der Waals surface area contributed by atoms with Gasteiger partial charge in [-0.25, -0.2) is 8.42 Å². The molecule has 0 radical (unpaired) electrons. The molecular formula is C9H18N2O5S. The Bertz CT molecular complexity index is 356. The van der Waals surface area contributed by atoms with Crippen LogP contribution in [0.2, 0.25) is 0 Å². The highest BCUT2D eigenvalue weighted by Gasteiger charge is 2.28. The average Bonchev–Trinajstić information content (AvgIpc) is 2.28. The molecule has 100 valence electrons. The second-order valence-electron chi connectivity index (χ2n) is 3.90. The zero-order valence-electron chi connectivity index (χ0n) is 9.54. The normalized spacial score (nSPS) is 22.5. The number of aliphatic carboxylic acids is 1. The molecule has 0 aromatic rings. The fraction of sp³-hybridized carbons (Fsp3) is 0.889. The zero-order chi connectivity index (χ0) is 12.9. The van der Waals surface area contributed by atoms with Crippen LogP contribution in [0, 0.1) is 0 Å². The van der Waals surface area contributed by atoms with Crippen molar-refractivity contribution in [3.05, 3.63) is 0 Å². The maximum Gasteiger partial charge on any atom is 0.303 e. The van der Waals surface area contributed by atoms with E-state index < -0.39 is 16.0 Å². The number of ether oxygens (including phenoxy) is 1. The number of nitrogens with zero attached hydrogens (tertiary/aromatic N) is 1. The van der Waals surface area contributed by atoms with Crippen molar-refractivity contribution in [2.75, 3.05) is 32.0 Å². The van der Waals surface area contributed by atoms with E-state index in [4.69, 9.17) is 15.6 Å². The molecule has 1 saturated heterocycles. The summed E-state index contributed by atoms with van der Waals surface area (Å²) >= 11 is 0. The molecule has 1 aliphatic heterocycles. The molecule has 1 aliphatic rings. The third kappa shape index (κ3) is 4.58. The first-order chi connectivity index (χ1) is 7.95. The Morgan fingerprint density at radius 2 is 2.24 bits per heavy atom. The highest BCUT2D eigenvalue weighted by molar-refractivity contribution is 7.89. The van der Waals surface area contributed by atoms with Crippen molar-refractivity contribution in [2.24, 2.45) is 5.73 Å². The first-order valence-corrected chi connectivity index (χ1v) is 7.08. The maximum atomic E-state index is 11.9. The van der Waals surface area contributed by atoms with Gasteiger partial charge in [0.15, 0.2) is 0 Å². The molecule has 1 heterocycles. The highest BCUT2D eigenvalue weighted by atomic mass is 32.2. The Morgan fingerprint density at radius 3 is 2.82 bits per heavy atom. The molecule has 8 heteroatoms. The van der Waals surface area contributed by atoms with E-state index in [1.54, 1.807) is 0 Å². The molecule has 7 nitrogen and oxygen atoms in total. The van der Waals surface area contributed by atoms with Crippen LogP contribution in [0.3, 0.4) is 0 Å². The van der Waals surface area contributed by atoms with Crippen LogP contribution < -0.4 is 5.73 Å². The second kappa shape index (κ2) is 6.29. The number of hydrogen-bond donors (Lipinski definition) is 2. The summed E-state index contributed by atoms with van der Waals surface area (Å²) in [5, 5.41) is 8.46. The van der Waals surface area contributed by atoms with E-state index in [2.05, 4.69) is 0 Å². The van der Waals surface area contributed by atoms with E-state index in [1.807, 2.05) is 0 Å². The fourth-order valence-corrected chi connectivity index (χ4v) is 3.14. The third-order valence-electron chi connectivity index (χ3n) is 2.55. The molecule has 3 N–H and O–H groups in total. The number of nitrogens with two attached hydrogens (primary N) is 1. The van der Waals surface area contributed by atoms with Crippen molar-refractivity contribution in [3.8, 4) is 0 Å². The Balaban J connectivity index is 2.48. The van der Waals surface area contributed by atoms with Crippen LogP contribution in [0.15, 0.2) is 0 Å². The number of sulfonamides is 1. The van der Waals surface area contributed by atoms with Gasteiger partial charge in [-0.15, -0.1) is 0 Å². The molecular weight excluding hydrogens is 248 g/mol. The summed E-state index contributed by atoms with van der Waals surface area (Å²) < 4.78 is 30.3. The third-order valence-corrected chi connectivity index (χ3v) is 4.47. The van der Waals surface area contributed by atoms with Gasteiger partial charge in [0.1, 0.15) is 0 Å². The summed E-state index contributed by atoms with van der Waals surface area (Å²) in [5.41, 5.74) is 5.42. The first-order valence-electron chi connectivity index (χ1n) is 5.47. The molecule has 0 saturated carbocycles. The van der Waals surface area contributed by atoms with Gasteiger partial charge in [-0.3, -0.25) is 4.79 Å². The van der Waals surface area contributed by atoms with Crippen LogP contribution in [0.1, 0.15) is 12.8 Å². The van der Waals surface area contributed by atoms with Gasteiger partial charge in [-0.2, -0.15) is 4.31 Å². The maximum absolute atomic E-state index is 11.9. The first kappa shape index (κ1) is 14.4. The van der Waals surface area contributed by atoms with Crippen LogP contribution in [0.4, 0.5) is 0 Å². The minimum Gasteiger partial charge on any atom is -0.481 e. The van der Waals surface area contributed by atoms with Gasteiger partial charge in [-0.1, -0.05) is 0 Å². The SMILES string of the molecule is NCC1CN(S(=O)(=O)CCCC(=O)O)CCO1. The quantitative estimate of drug-likeness (QED) is 0.627. The van der Waals surface area contributed by atoms with Crippen LogP contribution >= 0.6 is 0 Å². The van der Waals surface area contributed by atoms with Gasteiger partial charge < -0.3 is 15.6 Å². The molecule has 0 spiro atoms. The van der Waals surface area contributed by atoms with E-state index in [-0.39, 0.29) is 37.8 Å². The summed E-state index contributed by atoms with van der Waals surface area (Å²) in [7, 11) is -3.39. The molecule has 1 rings (SSSR count). The Morgan fingerprint density at radius 1 is 1.53 bits per heavy atom. The molecule has 1 fully saturated rings. The van der Waals surface area contributed by atoms with E-state index in [0.29, 0.717) is 13.2 Å². The Hall–Kier alpha value is -0.700. The number of hydrogen-bond acceptors (Lipinski definition) is 5. The van der Waals surface area contributed by atoms with Gasteiger partial charge in [0.05, 0.1) is 18.5 Å². The van der Waals surface area contributed by atoms with Crippen LogP contribution in [-0.2, 0) is 19.6 Å². The number of carbonyl (C=O) groups is 1. The van der Waals surface area contributed by atoms with Crippen molar-refractivity contribution >= 4 is 16.0 Å². The van der Waals surface area contributed by atoms with Gasteiger partial charge >= 0.3 is 5.97 Å². The van der Waals surface area contributed by atoms with Crippen molar-refractivity contribution in [1.82, 2.24) is 4.31 Å². The smallest absolute Gasteiger partial charge is 0.303 e. The highest BCUT2D eigenvalue weighted by Crippen LogP contribution is 2.11. The predicted octanol–water partition coefficient (Wildman–Crippen LogP) is -1.16. The van der Waals surface area contributed by atoms with Gasteiger partial charge in [-0.05, 0) is 6.42 Å². The summed E-state index contributed by atoms with van der Waals surface area (Å²) in [4.78, 5) is 10.3. The largest absolute Gasteiger partial charge is 0.481 e. The van der Waals surface area contributed by atoms with E-state index in [9.17, 15) is 13.2 Å². The van der Waals surface area contributed by atoms with Crippen molar-refractivity contribution < 1.29 is 23.1 Å².